The Kier molecular flexibility index (Phi) is 7.13. The van der Waals surface area contributed by atoms with Crippen molar-refractivity contribution >= 4 is 34.6 Å². The maximum atomic E-state index is 15.2. The summed E-state index contributed by atoms with van der Waals surface area (Å²) >= 11 is 0. The Hall–Kier alpha value is -3.48. The maximum Gasteiger partial charge on any atom is 0.410 e. The molecule has 0 aliphatic carbocycles. The molecule has 0 bridgehead atoms. The van der Waals surface area contributed by atoms with Crippen LogP contribution < -0.4 is 15.9 Å². The third kappa shape index (κ3) is 5.30. The minimum absolute atomic E-state index is 0.161. The summed E-state index contributed by atoms with van der Waals surface area (Å²) in [7, 11) is 1.64. The van der Waals surface area contributed by atoms with Gasteiger partial charge in [0.05, 0.1) is 23.6 Å². The number of halogens is 2. The first-order valence-corrected chi connectivity index (χ1v) is 13.6. The van der Waals surface area contributed by atoms with Crippen LogP contribution in [-0.4, -0.2) is 93.7 Å². The number of piperidine rings is 2. The molecule has 1 aromatic heterocycles. The highest BCUT2D eigenvalue weighted by molar-refractivity contribution is 6.00. The maximum absolute atomic E-state index is 15.2. The molecule has 5 rings (SSSR count). The second kappa shape index (κ2) is 10.2. The van der Waals surface area contributed by atoms with Crippen LogP contribution >= 0.6 is 0 Å². The number of fused-ring (bicyclic) bond motifs is 1. The van der Waals surface area contributed by atoms with Gasteiger partial charge in [-0.2, -0.15) is 0 Å². The summed E-state index contributed by atoms with van der Waals surface area (Å²) in [6, 6.07) is 3.82. The lowest BCUT2D eigenvalue weighted by molar-refractivity contribution is -0.135. The summed E-state index contributed by atoms with van der Waals surface area (Å²) in [6.45, 7) is 6.58. The second-order valence-electron chi connectivity index (χ2n) is 11.8. The van der Waals surface area contributed by atoms with Crippen LogP contribution in [0, 0.1) is 0 Å². The number of nitrogens with one attached hydrogen (secondary N) is 1. The summed E-state index contributed by atoms with van der Waals surface area (Å²) < 4.78 is 38.6. The average molecular weight is 563 g/mol. The summed E-state index contributed by atoms with van der Waals surface area (Å²) in [6.07, 6.45) is -0.129. The number of piperazine rings is 1. The number of imide groups is 1. The predicted octanol–water partition coefficient (Wildman–Crippen LogP) is 2.08. The van der Waals surface area contributed by atoms with Gasteiger partial charge in [0, 0.05) is 51.9 Å². The van der Waals surface area contributed by atoms with E-state index in [1.54, 1.807) is 38.8 Å². The molecule has 13 heteroatoms. The van der Waals surface area contributed by atoms with Gasteiger partial charge in [0.2, 0.25) is 11.8 Å². The van der Waals surface area contributed by atoms with Gasteiger partial charge < -0.3 is 14.5 Å². The summed E-state index contributed by atoms with van der Waals surface area (Å²) in [5, 5.41) is 2.31. The highest BCUT2D eigenvalue weighted by Gasteiger charge is 2.49. The molecular weight excluding hydrogens is 526 g/mol. The van der Waals surface area contributed by atoms with Gasteiger partial charge in [-0.05, 0) is 51.8 Å². The fraction of sp³-hybridized carbons (Fsp3) is 0.630. The van der Waals surface area contributed by atoms with Crippen molar-refractivity contribution in [1.82, 2.24) is 24.3 Å². The number of carbonyl (C=O) groups excluding carboxylic acids is 3. The normalized spacial score (nSPS) is 24.4. The number of carbonyl (C=O) groups is 3. The predicted molar refractivity (Wildman–Crippen MR) is 144 cm³/mol. The van der Waals surface area contributed by atoms with Crippen LogP contribution in [0.1, 0.15) is 46.1 Å². The molecule has 0 spiro atoms. The van der Waals surface area contributed by atoms with Crippen LogP contribution in [0.5, 0.6) is 0 Å². The van der Waals surface area contributed by atoms with Crippen molar-refractivity contribution in [3.8, 4) is 0 Å². The molecule has 3 aliphatic rings. The Morgan fingerprint density at radius 1 is 1.02 bits per heavy atom. The van der Waals surface area contributed by atoms with E-state index in [1.165, 1.54) is 9.13 Å². The minimum atomic E-state index is -3.06. The van der Waals surface area contributed by atoms with E-state index in [1.807, 2.05) is 12.1 Å². The first-order chi connectivity index (χ1) is 18.7. The number of aryl methyl sites for hydroxylation is 1. The zero-order valence-corrected chi connectivity index (χ0v) is 23.3. The fourth-order valence-electron chi connectivity index (χ4n) is 5.93. The minimum Gasteiger partial charge on any atom is -0.444 e. The lowest BCUT2D eigenvalue weighted by Crippen LogP contribution is -2.62. The average Bonchev–Trinajstić information content (AvgIpc) is 3.12. The summed E-state index contributed by atoms with van der Waals surface area (Å²) in [5.74, 6) is -3.89. The molecule has 1 N–H and O–H groups in total. The Labute approximate surface area is 230 Å². The first-order valence-electron chi connectivity index (χ1n) is 13.6. The fourth-order valence-corrected chi connectivity index (χ4v) is 5.93. The number of imidazole rings is 1. The number of rotatable bonds is 3. The molecule has 4 heterocycles. The Morgan fingerprint density at radius 3 is 2.35 bits per heavy atom. The molecule has 11 nitrogen and oxygen atoms in total. The quantitative estimate of drug-likeness (QED) is 0.571. The highest BCUT2D eigenvalue weighted by atomic mass is 19.3. The van der Waals surface area contributed by atoms with Crippen molar-refractivity contribution < 1.29 is 27.9 Å². The van der Waals surface area contributed by atoms with E-state index in [-0.39, 0.29) is 37.4 Å². The molecule has 218 valence electrons. The molecule has 2 unspecified atom stereocenters. The third-order valence-electron chi connectivity index (χ3n) is 7.93. The number of nitrogens with zero attached hydrogens (tertiary/aromatic N) is 5. The van der Waals surface area contributed by atoms with Gasteiger partial charge in [0.25, 0.3) is 5.92 Å². The van der Waals surface area contributed by atoms with E-state index in [0.29, 0.717) is 37.2 Å². The van der Waals surface area contributed by atoms with Crippen LogP contribution in [0.25, 0.3) is 11.0 Å². The monoisotopic (exact) mass is 562 g/mol. The van der Waals surface area contributed by atoms with Gasteiger partial charge in [-0.15, -0.1) is 0 Å². The van der Waals surface area contributed by atoms with E-state index in [0.717, 1.165) is 10.6 Å². The van der Waals surface area contributed by atoms with Crippen LogP contribution in [0.15, 0.2) is 23.0 Å². The number of alkyl halides is 2. The van der Waals surface area contributed by atoms with E-state index in [9.17, 15) is 19.2 Å². The van der Waals surface area contributed by atoms with Crippen molar-refractivity contribution in [2.45, 2.75) is 63.6 Å². The van der Waals surface area contributed by atoms with Crippen LogP contribution in [0.3, 0.4) is 0 Å². The van der Waals surface area contributed by atoms with Crippen molar-refractivity contribution in [2.24, 2.45) is 7.05 Å². The van der Waals surface area contributed by atoms with E-state index >= 15 is 8.78 Å². The molecule has 3 fully saturated rings. The zero-order chi connectivity index (χ0) is 29.0. The smallest absolute Gasteiger partial charge is 0.410 e. The Morgan fingerprint density at radius 2 is 1.73 bits per heavy atom. The first kappa shape index (κ1) is 28.1. The van der Waals surface area contributed by atoms with E-state index in [4.69, 9.17) is 4.74 Å². The molecule has 0 saturated carbocycles. The van der Waals surface area contributed by atoms with Crippen LogP contribution in [-0.2, 0) is 21.4 Å². The van der Waals surface area contributed by atoms with Gasteiger partial charge in [-0.1, -0.05) is 0 Å². The van der Waals surface area contributed by atoms with Crippen LogP contribution in [0.4, 0.5) is 19.3 Å². The number of hydrogen-bond donors (Lipinski definition) is 1. The zero-order valence-electron chi connectivity index (χ0n) is 23.3. The largest absolute Gasteiger partial charge is 0.444 e. The highest BCUT2D eigenvalue weighted by Crippen LogP contribution is 2.34. The SMILES string of the molecule is Cn1c(=O)n(C2CCC(=O)NC2=O)c2ccc(N3CCN(C4CCN(C(=O)OC(C)(C)C)CC4(F)F)CC3)cc21. The molecule has 40 heavy (non-hydrogen) atoms. The molecule has 2 aromatic rings. The Bertz CT molecular complexity index is 1390. The molecule has 3 saturated heterocycles. The number of aromatic nitrogens is 2. The second-order valence-corrected chi connectivity index (χ2v) is 11.8. The lowest BCUT2D eigenvalue weighted by atomic mass is 9.98. The van der Waals surface area contributed by atoms with Gasteiger partial charge in [-0.25, -0.2) is 18.4 Å². The van der Waals surface area contributed by atoms with Crippen molar-refractivity contribution in [3.63, 3.8) is 0 Å². The molecule has 3 aliphatic heterocycles. The topological polar surface area (TPSA) is 109 Å². The number of hydrogen-bond acceptors (Lipinski definition) is 7. The summed E-state index contributed by atoms with van der Waals surface area (Å²) in [5.41, 5.74) is 1.01. The number of anilines is 1. The van der Waals surface area contributed by atoms with Crippen molar-refractivity contribution in [2.75, 3.05) is 44.2 Å². The van der Waals surface area contributed by atoms with Gasteiger partial charge >= 0.3 is 11.8 Å². The van der Waals surface area contributed by atoms with Crippen LogP contribution in [0.2, 0.25) is 0 Å². The standard InChI is InChI=1S/C27H36F2N6O5/c1-26(2,3)40-25(39)34-10-9-21(27(28,29)16-34)33-13-11-32(12-14-33)17-5-6-18-20(15-17)31(4)24(38)35(18)19-7-8-22(36)30-23(19)37/h5-6,15,19,21H,7-14,16H2,1-4H3,(H,30,36,37). The van der Waals surface area contributed by atoms with Gasteiger partial charge in [0.15, 0.2) is 0 Å². The lowest BCUT2D eigenvalue weighted by Gasteiger charge is -2.46. The number of benzene rings is 1. The molecular formula is C27H36F2N6O5. The molecule has 2 atom stereocenters. The van der Waals surface area contributed by atoms with E-state index in [2.05, 4.69) is 10.2 Å². The molecule has 3 amide bonds. The van der Waals surface area contributed by atoms with E-state index < -0.39 is 42.2 Å². The van der Waals surface area contributed by atoms with Crippen molar-refractivity contribution in [1.29, 1.82) is 0 Å². The van der Waals surface area contributed by atoms with Gasteiger partial charge in [-0.3, -0.25) is 28.9 Å². The third-order valence-corrected chi connectivity index (χ3v) is 7.93. The number of likely N-dealkylation sites (tertiary alicyclic amines) is 1. The number of ether oxygens (including phenoxy) is 1. The molecule has 0 radical (unpaired) electrons. The van der Waals surface area contributed by atoms with Gasteiger partial charge in [0.1, 0.15) is 11.6 Å². The summed E-state index contributed by atoms with van der Waals surface area (Å²) in [4.78, 5) is 54.4. The Balaban J connectivity index is 1.26. The number of amides is 3. The molecule has 1 aromatic carbocycles. The van der Waals surface area contributed by atoms with Crippen molar-refractivity contribution in [3.05, 3.63) is 28.7 Å².